The monoisotopic (exact) mass is 292 g/mol. The third-order valence-electron chi connectivity index (χ3n) is 4.35. The highest BCUT2D eigenvalue weighted by Gasteiger charge is 2.47. The Bertz CT molecular complexity index is 487. The summed E-state index contributed by atoms with van der Waals surface area (Å²) in [4.78, 5) is 9.17. The number of rotatable bonds is 6. The Morgan fingerprint density at radius 3 is 2.52 bits per heavy atom. The van der Waals surface area contributed by atoms with Gasteiger partial charge in [0.05, 0.1) is 6.10 Å². The number of aliphatic hydroxyl groups is 1. The maximum absolute atomic E-state index is 9.85. The number of hydrogen-bond acceptors (Lipinski definition) is 5. The van der Waals surface area contributed by atoms with E-state index in [1.165, 1.54) is 0 Å². The van der Waals surface area contributed by atoms with Gasteiger partial charge in [0.25, 0.3) is 0 Å². The molecule has 21 heavy (non-hydrogen) atoms. The van der Waals surface area contributed by atoms with Crippen LogP contribution >= 0.6 is 0 Å². The topological polar surface area (TPSA) is 70.1 Å². The lowest BCUT2D eigenvalue weighted by molar-refractivity contribution is -0.0511. The highest BCUT2D eigenvalue weighted by atomic mass is 16.3. The molecule has 1 saturated carbocycles. The van der Waals surface area contributed by atoms with Crippen molar-refractivity contribution in [1.82, 2.24) is 9.97 Å². The zero-order valence-electron chi connectivity index (χ0n) is 13.8. The standard InChI is InChI=1S/C16H28N4O/c1-6-7-17-13-9-14(20-15(19-13)10(2)3)18-11-8-12(21)16(11,4)5/h9-12,21H,6-8H2,1-5H3,(H2,17,18,19,20). The van der Waals surface area contributed by atoms with Gasteiger partial charge in [-0.2, -0.15) is 0 Å². The van der Waals surface area contributed by atoms with Crippen LogP contribution in [0.2, 0.25) is 0 Å². The van der Waals surface area contributed by atoms with Crippen LogP contribution < -0.4 is 10.6 Å². The molecule has 2 atom stereocenters. The first-order valence-electron chi connectivity index (χ1n) is 7.92. The lowest BCUT2D eigenvalue weighted by Crippen LogP contribution is -2.57. The van der Waals surface area contributed by atoms with Crippen LogP contribution in [0.3, 0.4) is 0 Å². The molecule has 5 nitrogen and oxygen atoms in total. The third-order valence-corrected chi connectivity index (χ3v) is 4.35. The van der Waals surface area contributed by atoms with Gasteiger partial charge in [-0.1, -0.05) is 34.6 Å². The summed E-state index contributed by atoms with van der Waals surface area (Å²) in [5.74, 6) is 2.85. The van der Waals surface area contributed by atoms with Gasteiger partial charge >= 0.3 is 0 Å². The fourth-order valence-corrected chi connectivity index (χ4v) is 2.47. The van der Waals surface area contributed by atoms with E-state index in [1.807, 2.05) is 6.07 Å². The zero-order chi connectivity index (χ0) is 15.6. The van der Waals surface area contributed by atoms with Crippen LogP contribution in [0.5, 0.6) is 0 Å². The van der Waals surface area contributed by atoms with Gasteiger partial charge in [-0.25, -0.2) is 9.97 Å². The van der Waals surface area contributed by atoms with E-state index in [2.05, 4.69) is 55.2 Å². The Labute approximate surface area is 127 Å². The minimum Gasteiger partial charge on any atom is -0.392 e. The summed E-state index contributed by atoms with van der Waals surface area (Å²) in [5, 5.41) is 16.6. The largest absolute Gasteiger partial charge is 0.392 e. The molecule has 0 radical (unpaired) electrons. The molecule has 0 aliphatic heterocycles. The van der Waals surface area contributed by atoms with Gasteiger partial charge in [-0.3, -0.25) is 0 Å². The van der Waals surface area contributed by atoms with E-state index in [0.29, 0.717) is 0 Å². The molecule has 0 amide bonds. The molecular formula is C16H28N4O. The second kappa shape index (κ2) is 6.18. The molecule has 1 heterocycles. The smallest absolute Gasteiger partial charge is 0.135 e. The van der Waals surface area contributed by atoms with Gasteiger partial charge in [0.15, 0.2) is 0 Å². The predicted molar refractivity (Wildman–Crippen MR) is 86.7 cm³/mol. The molecule has 1 aromatic heterocycles. The van der Waals surface area contributed by atoms with E-state index < -0.39 is 0 Å². The third kappa shape index (κ3) is 3.46. The van der Waals surface area contributed by atoms with Crippen LogP contribution in [0.1, 0.15) is 59.2 Å². The van der Waals surface area contributed by atoms with Gasteiger partial charge in [0.2, 0.25) is 0 Å². The van der Waals surface area contributed by atoms with E-state index in [-0.39, 0.29) is 23.5 Å². The van der Waals surface area contributed by atoms with Crippen LogP contribution in [0, 0.1) is 5.41 Å². The molecule has 3 N–H and O–H groups in total. The lowest BCUT2D eigenvalue weighted by Gasteiger charge is -2.49. The van der Waals surface area contributed by atoms with Crippen LogP contribution in [-0.2, 0) is 0 Å². The number of hydrogen-bond donors (Lipinski definition) is 3. The molecule has 0 saturated heterocycles. The minimum absolute atomic E-state index is 0.111. The SMILES string of the molecule is CCCNc1cc(NC2CC(O)C2(C)C)nc(C(C)C)n1. The van der Waals surface area contributed by atoms with Crippen LogP contribution in [-0.4, -0.2) is 33.8 Å². The molecule has 0 spiro atoms. The molecule has 0 aromatic carbocycles. The zero-order valence-corrected chi connectivity index (χ0v) is 13.8. The maximum Gasteiger partial charge on any atom is 0.135 e. The highest BCUT2D eigenvalue weighted by Crippen LogP contribution is 2.42. The average Bonchev–Trinajstić information content (AvgIpc) is 2.44. The van der Waals surface area contributed by atoms with E-state index >= 15 is 0 Å². The van der Waals surface area contributed by atoms with Crippen molar-refractivity contribution in [3.8, 4) is 0 Å². The molecule has 2 unspecified atom stereocenters. The first-order chi connectivity index (χ1) is 9.84. The van der Waals surface area contributed by atoms with Crippen molar-refractivity contribution in [3.63, 3.8) is 0 Å². The molecule has 118 valence electrons. The molecule has 1 aliphatic carbocycles. The van der Waals surface area contributed by atoms with Gasteiger partial charge < -0.3 is 15.7 Å². The molecule has 1 aromatic rings. The first-order valence-corrected chi connectivity index (χ1v) is 7.92. The van der Waals surface area contributed by atoms with E-state index in [0.717, 1.165) is 36.8 Å². The summed E-state index contributed by atoms with van der Waals surface area (Å²) < 4.78 is 0. The number of anilines is 2. The summed E-state index contributed by atoms with van der Waals surface area (Å²) in [7, 11) is 0. The average molecular weight is 292 g/mol. The molecule has 2 rings (SSSR count). The van der Waals surface area contributed by atoms with Gasteiger partial charge in [0, 0.05) is 30.0 Å². The normalized spacial score (nSPS) is 23.8. The van der Waals surface area contributed by atoms with Crippen molar-refractivity contribution in [2.75, 3.05) is 17.2 Å². The lowest BCUT2D eigenvalue weighted by atomic mass is 9.64. The second-order valence-corrected chi connectivity index (χ2v) is 6.85. The highest BCUT2D eigenvalue weighted by molar-refractivity contribution is 5.49. The van der Waals surface area contributed by atoms with E-state index in [1.54, 1.807) is 0 Å². The van der Waals surface area contributed by atoms with Gasteiger partial charge in [0.1, 0.15) is 17.5 Å². The molecule has 1 aliphatic rings. The Morgan fingerprint density at radius 1 is 1.33 bits per heavy atom. The van der Waals surface area contributed by atoms with Gasteiger partial charge in [-0.15, -0.1) is 0 Å². The van der Waals surface area contributed by atoms with Crippen molar-refractivity contribution < 1.29 is 5.11 Å². The fraction of sp³-hybridized carbons (Fsp3) is 0.750. The Hall–Kier alpha value is -1.36. The summed E-state index contributed by atoms with van der Waals surface area (Å²) in [5.41, 5.74) is -0.111. The van der Waals surface area contributed by atoms with E-state index in [9.17, 15) is 5.11 Å². The number of nitrogens with one attached hydrogen (secondary N) is 2. The van der Waals surface area contributed by atoms with Crippen molar-refractivity contribution in [1.29, 1.82) is 0 Å². The molecular weight excluding hydrogens is 264 g/mol. The summed E-state index contributed by atoms with van der Waals surface area (Å²) in [6.45, 7) is 11.4. The Kier molecular flexibility index (Phi) is 4.71. The second-order valence-electron chi connectivity index (χ2n) is 6.85. The van der Waals surface area contributed by atoms with Crippen molar-refractivity contribution in [2.45, 2.75) is 65.5 Å². The quantitative estimate of drug-likeness (QED) is 0.752. The predicted octanol–water partition coefficient (Wildman–Crippen LogP) is 2.99. The molecule has 1 fully saturated rings. The molecule has 5 heteroatoms. The van der Waals surface area contributed by atoms with Crippen LogP contribution in [0.4, 0.5) is 11.6 Å². The summed E-state index contributed by atoms with van der Waals surface area (Å²) in [6.07, 6.45) is 1.59. The number of nitrogens with zero attached hydrogens (tertiary/aromatic N) is 2. The minimum atomic E-state index is -0.237. The number of aliphatic hydroxyl groups excluding tert-OH is 1. The van der Waals surface area contributed by atoms with Crippen molar-refractivity contribution in [3.05, 3.63) is 11.9 Å². The fourth-order valence-electron chi connectivity index (χ4n) is 2.47. The molecule has 0 bridgehead atoms. The van der Waals surface area contributed by atoms with E-state index in [4.69, 9.17) is 0 Å². The van der Waals surface area contributed by atoms with Crippen LogP contribution in [0.15, 0.2) is 6.07 Å². The summed E-state index contributed by atoms with van der Waals surface area (Å²) in [6, 6.07) is 2.21. The van der Waals surface area contributed by atoms with Crippen molar-refractivity contribution in [2.24, 2.45) is 5.41 Å². The van der Waals surface area contributed by atoms with Gasteiger partial charge in [-0.05, 0) is 12.8 Å². The summed E-state index contributed by atoms with van der Waals surface area (Å²) >= 11 is 0. The van der Waals surface area contributed by atoms with Crippen LogP contribution in [0.25, 0.3) is 0 Å². The Balaban J connectivity index is 2.16. The first kappa shape index (κ1) is 16.0. The van der Waals surface area contributed by atoms with Crippen molar-refractivity contribution >= 4 is 11.6 Å². The number of aromatic nitrogens is 2. The Morgan fingerprint density at radius 2 is 2.00 bits per heavy atom. The maximum atomic E-state index is 9.85.